The fourth-order valence-electron chi connectivity index (χ4n) is 6.18. The second-order valence-electron chi connectivity index (χ2n) is 10.3. The van der Waals surface area contributed by atoms with Crippen LogP contribution in [0.25, 0.3) is 32.7 Å². The molecule has 0 unspecified atom stereocenters. The highest BCUT2D eigenvalue weighted by Gasteiger charge is 2.35. The molecule has 0 aliphatic carbocycles. The van der Waals surface area contributed by atoms with E-state index in [1.54, 1.807) is 11.1 Å². The number of rotatable bonds is 6. The highest BCUT2D eigenvalue weighted by Crippen LogP contribution is 2.46. The lowest BCUT2D eigenvalue weighted by atomic mass is 9.85. The summed E-state index contributed by atoms with van der Waals surface area (Å²) in [6.07, 6.45) is 5.12. The lowest BCUT2D eigenvalue weighted by molar-refractivity contribution is -0.953. The predicted octanol–water partition coefficient (Wildman–Crippen LogP) is 5.71. The van der Waals surface area contributed by atoms with Gasteiger partial charge in [0.2, 0.25) is 0 Å². The Labute approximate surface area is 216 Å². The first kappa shape index (κ1) is 24.9. The number of fused-ring (bicyclic) bond motifs is 7. The van der Waals surface area contributed by atoms with Crippen molar-refractivity contribution in [1.82, 2.24) is 0 Å². The molecular formula is C32H38BrN. The minimum absolute atomic E-state index is 0. The minimum atomic E-state index is 0. The molecule has 0 radical (unpaired) electrons. The van der Waals surface area contributed by atoms with Gasteiger partial charge >= 0.3 is 0 Å². The van der Waals surface area contributed by atoms with E-state index in [0.29, 0.717) is 0 Å². The molecule has 1 heterocycles. The Morgan fingerprint density at radius 3 is 1.47 bits per heavy atom. The Morgan fingerprint density at radius 2 is 1.06 bits per heavy atom. The number of aryl methyl sites for hydroxylation is 2. The predicted molar refractivity (Wildman–Crippen MR) is 144 cm³/mol. The summed E-state index contributed by atoms with van der Waals surface area (Å²) >= 11 is 0. The molecule has 0 fully saturated rings. The fraction of sp³-hybridized carbons (Fsp3) is 0.375. The van der Waals surface area contributed by atoms with E-state index in [9.17, 15) is 0 Å². The van der Waals surface area contributed by atoms with Crippen molar-refractivity contribution < 1.29 is 21.5 Å². The first-order chi connectivity index (χ1) is 16.1. The average molecular weight is 517 g/mol. The average Bonchev–Trinajstić information content (AvgIpc) is 2.98. The number of benzene rings is 4. The van der Waals surface area contributed by atoms with Gasteiger partial charge in [-0.05, 0) is 70.5 Å². The largest absolute Gasteiger partial charge is 1.00 e. The van der Waals surface area contributed by atoms with Crippen molar-refractivity contribution in [2.24, 2.45) is 0 Å². The molecule has 0 spiro atoms. The second kappa shape index (κ2) is 10.2. The quantitative estimate of drug-likeness (QED) is 0.288. The van der Waals surface area contributed by atoms with E-state index in [-0.39, 0.29) is 17.0 Å². The smallest absolute Gasteiger partial charge is 0.106 e. The summed E-state index contributed by atoms with van der Waals surface area (Å²) in [7, 11) is 0. The molecule has 0 aromatic heterocycles. The molecule has 1 aliphatic heterocycles. The van der Waals surface area contributed by atoms with E-state index in [4.69, 9.17) is 0 Å². The van der Waals surface area contributed by atoms with E-state index < -0.39 is 0 Å². The van der Waals surface area contributed by atoms with Crippen molar-refractivity contribution in [1.29, 1.82) is 0 Å². The summed E-state index contributed by atoms with van der Waals surface area (Å²) in [5.74, 6) is 0. The van der Waals surface area contributed by atoms with Crippen molar-refractivity contribution in [3.63, 3.8) is 0 Å². The highest BCUT2D eigenvalue weighted by molar-refractivity contribution is 6.08. The zero-order valence-electron chi connectivity index (χ0n) is 21.3. The van der Waals surface area contributed by atoms with Gasteiger partial charge in [0.15, 0.2) is 0 Å². The summed E-state index contributed by atoms with van der Waals surface area (Å²) in [6.45, 7) is 14.2. The Morgan fingerprint density at radius 1 is 0.647 bits per heavy atom. The highest BCUT2D eigenvalue weighted by atomic mass is 79.9. The molecule has 0 bridgehead atoms. The molecule has 1 nitrogen and oxygen atoms in total. The van der Waals surface area contributed by atoms with Gasteiger partial charge in [0, 0.05) is 11.1 Å². The number of quaternary nitrogens is 1. The topological polar surface area (TPSA) is 0 Å². The number of nitrogens with zero attached hydrogens (tertiary/aromatic N) is 1. The second-order valence-corrected chi connectivity index (χ2v) is 10.3. The van der Waals surface area contributed by atoms with Crippen LogP contribution in [-0.4, -0.2) is 17.6 Å². The zero-order chi connectivity index (χ0) is 23.0. The van der Waals surface area contributed by atoms with Crippen molar-refractivity contribution >= 4 is 21.5 Å². The first-order valence-corrected chi connectivity index (χ1v) is 12.9. The van der Waals surface area contributed by atoms with Gasteiger partial charge in [0.05, 0.1) is 13.1 Å². The zero-order valence-corrected chi connectivity index (χ0v) is 22.8. The molecule has 0 saturated heterocycles. The van der Waals surface area contributed by atoms with Crippen LogP contribution in [0.2, 0.25) is 0 Å². The molecule has 4 aromatic carbocycles. The normalized spacial score (nSPS) is 14.4. The van der Waals surface area contributed by atoms with Crippen LogP contribution in [0.3, 0.4) is 0 Å². The van der Waals surface area contributed by atoms with E-state index in [1.807, 2.05) is 0 Å². The summed E-state index contributed by atoms with van der Waals surface area (Å²) in [4.78, 5) is 0. The van der Waals surface area contributed by atoms with Crippen LogP contribution in [0.5, 0.6) is 0 Å². The molecule has 0 N–H and O–H groups in total. The van der Waals surface area contributed by atoms with Crippen LogP contribution in [0.4, 0.5) is 0 Å². The Bertz CT molecular complexity index is 1220. The molecule has 2 heteroatoms. The van der Waals surface area contributed by atoms with Crippen molar-refractivity contribution in [3.05, 3.63) is 82.9 Å². The van der Waals surface area contributed by atoms with E-state index in [1.165, 1.54) is 87.1 Å². The SMILES string of the molecule is CCCC[N+]1(CCCC)Cc2c(C)cc3ccccc3c2-c2c(c(C)cc3ccccc23)C1.[Br-]. The Hall–Kier alpha value is -2.16. The fourth-order valence-corrected chi connectivity index (χ4v) is 6.18. The Balaban J connectivity index is 0.00000274. The van der Waals surface area contributed by atoms with Crippen molar-refractivity contribution in [2.75, 3.05) is 13.1 Å². The van der Waals surface area contributed by atoms with Crippen LogP contribution in [0.1, 0.15) is 61.8 Å². The minimum Gasteiger partial charge on any atom is -1.00 e. The molecule has 4 aromatic rings. The molecular weight excluding hydrogens is 478 g/mol. The van der Waals surface area contributed by atoms with Crippen molar-refractivity contribution in [2.45, 2.75) is 66.5 Å². The van der Waals surface area contributed by atoms with Crippen LogP contribution < -0.4 is 17.0 Å². The maximum Gasteiger partial charge on any atom is 0.106 e. The third-order valence-corrected chi connectivity index (χ3v) is 7.97. The summed E-state index contributed by atoms with van der Waals surface area (Å²) in [5.41, 5.74) is 9.09. The maximum atomic E-state index is 2.44. The molecule has 178 valence electrons. The number of hydrogen-bond acceptors (Lipinski definition) is 0. The molecule has 5 rings (SSSR count). The van der Waals surface area contributed by atoms with Crippen LogP contribution in [0, 0.1) is 13.8 Å². The maximum absolute atomic E-state index is 2.44. The number of unbranched alkanes of at least 4 members (excludes halogenated alkanes) is 2. The van der Waals surface area contributed by atoms with Crippen LogP contribution >= 0.6 is 0 Å². The van der Waals surface area contributed by atoms with Gasteiger partial charge in [-0.3, -0.25) is 0 Å². The third-order valence-electron chi connectivity index (χ3n) is 7.97. The third kappa shape index (κ3) is 4.32. The van der Waals surface area contributed by atoms with Crippen LogP contribution in [-0.2, 0) is 13.1 Å². The Kier molecular flexibility index (Phi) is 7.50. The molecule has 34 heavy (non-hydrogen) atoms. The lowest BCUT2D eigenvalue weighted by Gasteiger charge is -2.39. The van der Waals surface area contributed by atoms with Crippen molar-refractivity contribution in [3.8, 4) is 11.1 Å². The van der Waals surface area contributed by atoms with Gasteiger partial charge in [-0.1, -0.05) is 87.4 Å². The summed E-state index contributed by atoms with van der Waals surface area (Å²) < 4.78 is 1.19. The van der Waals surface area contributed by atoms with Gasteiger partial charge in [0.1, 0.15) is 13.1 Å². The standard InChI is InChI=1S/C32H38N.BrH/c1-5-7-17-33(18-8-6-2)21-29-23(3)19-25-13-9-11-15-27(25)31(29)32-28-16-12-10-14-26(28)20-24(4)30(32)22-33;/h9-16,19-20H,5-8,17-18,21-22H2,1-4H3;1H/q+1;/p-1. The van der Waals surface area contributed by atoms with E-state index in [2.05, 4.69) is 88.4 Å². The van der Waals surface area contributed by atoms with Gasteiger partial charge < -0.3 is 21.5 Å². The summed E-state index contributed by atoms with van der Waals surface area (Å²) in [5, 5.41) is 5.57. The summed E-state index contributed by atoms with van der Waals surface area (Å²) in [6, 6.07) is 23.0. The first-order valence-electron chi connectivity index (χ1n) is 12.9. The van der Waals surface area contributed by atoms with Gasteiger partial charge in [-0.15, -0.1) is 0 Å². The van der Waals surface area contributed by atoms with Crippen LogP contribution in [0.15, 0.2) is 60.7 Å². The molecule has 0 saturated carbocycles. The number of halogens is 1. The van der Waals surface area contributed by atoms with E-state index >= 15 is 0 Å². The number of hydrogen-bond donors (Lipinski definition) is 0. The lowest BCUT2D eigenvalue weighted by Crippen LogP contribution is -3.00. The van der Waals surface area contributed by atoms with E-state index in [0.717, 1.165) is 13.1 Å². The molecule has 0 amide bonds. The van der Waals surface area contributed by atoms with Gasteiger partial charge in [-0.25, -0.2) is 0 Å². The van der Waals surface area contributed by atoms with Gasteiger partial charge in [0.25, 0.3) is 0 Å². The molecule has 0 atom stereocenters. The monoisotopic (exact) mass is 515 g/mol. The molecule has 1 aliphatic rings. The van der Waals surface area contributed by atoms with Gasteiger partial charge in [-0.2, -0.15) is 0 Å².